The molecule has 0 spiro atoms. The van der Waals surface area contributed by atoms with Gasteiger partial charge in [0.2, 0.25) is 0 Å². The van der Waals surface area contributed by atoms with E-state index in [1.165, 1.54) is 6.07 Å². The third-order valence-corrected chi connectivity index (χ3v) is 4.47. The first-order valence-corrected chi connectivity index (χ1v) is 6.97. The summed E-state index contributed by atoms with van der Waals surface area (Å²) in [7, 11) is -3.27. The van der Waals surface area contributed by atoms with Gasteiger partial charge < -0.3 is 5.32 Å². The number of hydrogen-bond donors (Lipinski definition) is 1. The maximum absolute atomic E-state index is 12.0. The molecule has 0 bridgehead atoms. The molecule has 1 saturated heterocycles. The Morgan fingerprint density at radius 3 is 2.81 bits per heavy atom. The van der Waals surface area contributed by atoms with Gasteiger partial charge in [-0.1, -0.05) is 0 Å². The SMILES string of the molecule is Cc1ccc(S(=O)(=O)C[C@H]2CCNC2)nn1. The van der Waals surface area contributed by atoms with Gasteiger partial charge in [-0.15, -0.1) is 5.10 Å². The van der Waals surface area contributed by atoms with Crippen molar-refractivity contribution in [1.29, 1.82) is 0 Å². The molecule has 0 amide bonds. The van der Waals surface area contributed by atoms with Crippen LogP contribution in [0.1, 0.15) is 12.1 Å². The van der Waals surface area contributed by atoms with Crippen molar-refractivity contribution in [3.63, 3.8) is 0 Å². The van der Waals surface area contributed by atoms with Gasteiger partial charge in [0.05, 0.1) is 11.4 Å². The summed E-state index contributed by atoms with van der Waals surface area (Å²) in [4.78, 5) is 0. The standard InChI is InChI=1S/C10H15N3O2S/c1-8-2-3-10(13-12-8)16(14,15)7-9-4-5-11-6-9/h2-3,9,11H,4-7H2,1H3/t9-/m0/s1. The minimum atomic E-state index is -3.27. The van der Waals surface area contributed by atoms with Crippen molar-refractivity contribution >= 4 is 9.84 Å². The van der Waals surface area contributed by atoms with Crippen LogP contribution >= 0.6 is 0 Å². The van der Waals surface area contributed by atoms with E-state index in [0.29, 0.717) is 0 Å². The molecule has 1 atom stereocenters. The van der Waals surface area contributed by atoms with Gasteiger partial charge in [-0.2, -0.15) is 5.10 Å². The molecular weight excluding hydrogens is 226 g/mol. The Kier molecular flexibility index (Phi) is 3.20. The summed E-state index contributed by atoms with van der Waals surface area (Å²) in [5.41, 5.74) is 0.724. The van der Waals surface area contributed by atoms with E-state index in [2.05, 4.69) is 15.5 Å². The quantitative estimate of drug-likeness (QED) is 0.816. The average molecular weight is 241 g/mol. The first-order chi connectivity index (χ1) is 7.58. The molecule has 0 saturated carbocycles. The van der Waals surface area contributed by atoms with E-state index in [1.54, 1.807) is 13.0 Å². The first-order valence-electron chi connectivity index (χ1n) is 5.32. The fourth-order valence-electron chi connectivity index (χ4n) is 1.80. The molecular formula is C10H15N3O2S. The zero-order valence-electron chi connectivity index (χ0n) is 9.18. The monoisotopic (exact) mass is 241 g/mol. The van der Waals surface area contributed by atoms with E-state index in [0.717, 1.165) is 25.2 Å². The molecule has 1 N–H and O–H groups in total. The van der Waals surface area contributed by atoms with Gasteiger partial charge in [-0.25, -0.2) is 8.42 Å². The third kappa shape index (κ3) is 2.56. The molecule has 6 heteroatoms. The Morgan fingerprint density at radius 1 is 1.44 bits per heavy atom. The normalized spacial score (nSPS) is 21.2. The lowest BCUT2D eigenvalue weighted by molar-refractivity contribution is 0.565. The Bertz CT molecular complexity index is 449. The summed E-state index contributed by atoms with van der Waals surface area (Å²) >= 11 is 0. The summed E-state index contributed by atoms with van der Waals surface area (Å²) in [6.45, 7) is 3.46. The lowest BCUT2D eigenvalue weighted by Gasteiger charge is -2.08. The maximum atomic E-state index is 12.0. The summed E-state index contributed by atoms with van der Waals surface area (Å²) in [6, 6.07) is 3.20. The molecule has 1 aromatic rings. The second-order valence-electron chi connectivity index (χ2n) is 4.15. The van der Waals surface area contributed by atoms with Gasteiger partial charge in [0.15, 0.2) is 14.9 Å². The molecule has 2 rings (SSSR count). The molecule has 0 radical (unpaired) electrons. The average Bonchev–Trinajstić information content (AvgIpc) is 2.70. The van der Waals surface area contributed by atoms with Gasteiger partial charge in [0.1, 0.15) is 0 Å². The zero-order valence-corrected chi connectivity index (χ0v) is 10.00. The molecule has 16 heavy (non-hydrogen) atoms. The summed E-state index contributed by atoms with van der Waals surface area (Å²) in [5, 5.41) is 10.8. The van der Waals surface area contributed by atoms with Crippen LogP contribution in [-0.2, 0) is 9.84 Å². The Labute approximate surface area is 95.2 Å². The lowest BCUT2D eigenvalue weighted by Crippen LogP contribution is -2.19. The second kappa shape index (κ2) is 4.47. The van der Waals surface area contributed by atoms with Crippen LogP contribution in [0.3, 0.4) is 0 Å². The van der Waals surface area contributed by atoms with Gasteiger partial charge in [0, 0.05) is 0 Å². The molecule has 0 unspecified atom stereocenters. The van der Waals surface area contributed by atoms with E-state index < -0.39 is 9.84 Å². The van der Waals surface area contributed by atoms with Crippen molar-refractivity contribution in [2.24, 2.45) is 5.92 Å². The molecule has 0 aliphatic carbocycles. The van der Waals surface area contributed by atoms with Crippen molar-refractivity contribution < 1.29 is 8.42 Å². The van der Waals surface area contributed by atoms with Gasteiger partial charge in [-0.3, -0.25) is 0 Å². The summed E-state index contributed by atoms with van der Waals surface area (Å²) < 4.78 is 23.9. The second-order valence-corrected chi connectivity index (χ2v) is 6.13. The highest BCUT2D eigenvalue weighted by atomic mass is 32.2. The predicted molar refractivity (Wildman–Crippen MR) is 59.8 cm³/mol. The fraction of sp³-hybridized carbons (Fsp3) is 0.600. The molecule has 0 aromatic carbocycles. The molecule has 2 heterocycles. The number of rotatable bonds is 3. The molecule has 1 aliphatic rings. The fourth-order valence-corrected chi connectivity index (χ4v) is 3.32. The van der Waals surface area contributed by atoms with Crippen molar-refractivity contribution in [2.75, 3.05) is 18.8 Å². The first kappa shape index (κ1) is 11.5. The highest BCUT2D eigenvalue weighted by Crippen LogP contribution is 2.15. The number of aromatic nitrogens is 2. The third-order valence-electron chi connectivity index (χ3n) is 2.71. The van der Waals surface area contributed by atoms with Crippen molar-refractivity contribution in [2.45, 2.75) is 18.4 Å². The maximum Gasteiger partial charge on any atom is 0.197 e. The van der Waals surface area contributed by atoms with Crippen molar-refractivity contribution in [1.82, 2.24) is 15.5 Å². The smallest absolute Gasteiger partial charge is 0.197 e. The molecule has 88 valence electrons. The van der Waals surface area contributed by atoms with E-state index in [4.69, 9.17) is 0 Å². The summed E-state index contributed by atoms with van der Waals surface area (Å²) in [6.07, 6.45) is 0.915. The van der Waals surface area contributed by atoms with Crippen LogP contribution in [-0.4, -0.2) is 37.5 Å². The van der Waals surface area contributed by atoms with Crippen molar-refractivity contribution in [3.05, 3.63) is 17.8 Å². The van der Waals surface area contributed by atoms with Gasteiger partial charge >= 0.3 is 0 Å². The Balaban J connectivity index is 2.14. The van der Waals surface area contributed by atoms with Crippen LogP contribution in [0.25, 0.3) is 0 Å². The van der Waals surface area contributed by atoms with Crippen LogP contribution in [0, 0.1) is 12.8 Å². The predicted octanol–water partition coefficient (Wildman–Crippen LogP) is 0.168. The minimum absolute atomic E-state index is 0.0880. The lowest BCUT2D eigenvalue weighted by atomic mass is 10.2. The van der Waals surface area contributed by atoms with Crippen LogP contribution in [0.15, 0.2) is 17.2 Å². The van der Waals surface area contributed by atoms with Crippen LogP contribution in [0.4, 0.5) is 0 Å². The Morgan fingerprint density at radius 2 is 2.25 bits per heavy atom. The number of aryl methyl sites for hydroxylation is 1. The Hall–Kier alpha value is -1.01. The number of nitrogens with one attached hydrogen (secondary N) is 1. The van der Waals surface area contributed by atoms with E-state index >= 15 is 0 Å². The summed E-state index contributed by atoms with van der Waals surface area (Å²) in [5.74, 6) is 0.366. The number of hydrogen-bond acceptors (Lipinski definition) is 5. The van der Waals surface area contributed by atoms with E-state index in [-0.39, 0.29) is 16.7 Å². The largest absolute Gasteiger partial charge is 0.316 e. The topological polar surface area (TPSA) is 72.0 Å². The van der Waals surface area contributed by atoms with E-state index in [9.17, 15) is 8.42 Å². The zero-order chi connectivity index (χ0) is 11.6. The van der Waals surface area contributed by atoms with Gasteiger partial charge in [0.25, 0.3) is 0 Å². The van der Waals surface area contributed by atoms with Gasteiger partial charge in [-0.05, 0) is 44.5 Å². The molecule has 1 aliphatic heterocycles. The highest BCUT2D eigenvalue weighted by molar-refractivity contribution is 7.91. The molecule has 1 aromatic heterocycles. The van der Waals surface area contributed by atoms with Crippen LogP contribution in [0.5, 0.6) is 0 Å². The van der Waals surface area contributed by atoms with Crippen molar-refractivity contribution in [3.8, 4) is 0 Å². The number of nitrogens with zero attached hydrogens (tertiary/aromatic N) is 2. The van der Waals surface area contributed by atoms with Crippen LogP contribution in [0.2, 0.25) is 0 Å². The number of sulfone groups is 1. The highest BCUT2D eigenvalue weighted by Gasteiger charge is 2.24. The molecule has 5 nitrogen and oxygen atoms in total. The minimum Gasteiger partial charge on any atom is -0.316 e. The molecule has 1 fully saturated rings. The van der Waals surface area contributed by atoms with E-state index in [1.807, 2.05) is 0 Å². The van der Waals surface area contributed by atoms with Crippen LogP contribution < -0.4 is 5.32 Å².